The van der Waals surface area contributed by atoms with Gasteiger partial charge >= 0.3 is 0 Å². The molecule has 0 bridgehead atoms. The lowest BCUT2D eigenvalue weighted by Gasteiger charge is -2.24. The molecule has 0 N–H and O–H groups in total. The summed E-state index contributed by atoms with van der Waals surface area (Å²) in [5.74, 6) is 0. The van der Waals surface area contributed by atoms with Crippen LogP contribution in [0.15, 0.2) is 11.8 Å². The standard InChI is InChI=1S/C12H24OSi/c1-4-14(3,5-2)13-11-12-9-7-6-8-10-12/h11H,4-10H2,1-3H3. The molecule has 0 aromatic heterocycles. The molecule has 1 nitrogen and oxygen atoms in total. The highest BCUT2D eigenvalue weighted by molar-refractivity contribution is 6.72. The number of allylic oxidation sites excluding steroid dienone is 1. The van der Waals surface area contributed by atoms with E-state index in [1.54, 1.807) is 5.57 Å². The van der Waals surface area contributed by atoms with Crippen molar-refractivity contribution >= 4 is 8.32 Å². The normalized spacial score (nSPS) is 18.1. The van der Waals surface area contributed by atoms with Crippen LogP contribution in [0.1, 0.15) is 46.0 Å². The molecule has 1 saturated carbocycles. The molecule has 82 valence electrons. The third-order valence-electron chi connectivity index (χ3n) is 3.50. The molecular weight excluding hydrogens is 188 g/mol. The molecule has 0 aromatic rings. The maximum Gasteiger partial charge on any atom is 0.246 e. The minimum Gasteiger partial charge on any atom is -0.549 e. The molecule has 0 aliphatic heterocycles. The molecule has 0 unspecified atom stereocenters. The van der Waals surface area contributed by atoms with Crippen LogP contribution >= 0.6 is 0 Å². The highest BCUT2D eigenvalue weighted by Crippen LogP contribution is 2.24. The van der Waals surface area contributed by atoms with Crippen molar-refractivity contribution in [3.05, 3.63) is 11.8 Å². The summed E-state index contributed by atoms with van der Waals surface area (Å²) >= 11 is 0. The van der Waals surface area contributed by atoms with Crippen molar-refractivity contribution in [1.29, 1.82) is 0 Å². The third-order valence-corrected chi connectivity index (χ3v) is 7.18. The van der Waals surface area contributed by atoms with E-state index in [1.165, 1.54) is 44.2 Å². The monoisotopic (exact) mass is 212 g/mol. The van der Waals surface area contributed by atoms with Crippen LogP contribution in [-0.2, 0) is 4.43 Å². The van der Waals surface area contributed by atoms with Gasteiger partial charge in [-0.3, -0.25) is 0 Å². The van der Waals surface area contributed by atoms with Crippen LogP contribution in [-0.4, -0.2) is 8.32 Å². The lowest BCUT2D eigenvalue weighted by Crippen LogP contribution is -2.30. The van der Waals surface area contributed by atoms with Crippen molar-refractivity contribution in [2.45, 2.75) is 64.6 Å². The first-order chi connectivity index (χ1) is 6.70. The lowest BCUT2D eigenvalue weighted by molar-refractivity contribution is 0.445. The fraction of sp³-hybridized carbons (Fsp3) is 0.833. The molecule has 0 heterocycles. The van der Waals surface area contributed by atoms with Crippen molar-refractivity contribution in [3.63, 3.8) is 0 Å². The van der Waals surface area contributed by atoms with Crippen molar-refractivity contribution < 1.29 is 4.43 Å². The Bertz CT molecular complexity index is 186. The quantitative estimate of drug-likeness (QED) is 0.493. The van der Waals surface area contributed by atoms with E-state index in [4.69, 9.17) is 4.43 Å². The van der Waals surface area contributed by atoms with Crippen molar-refractivity contribution in [1.82, 2.24) is 0 Å². The zero-order chi connectivity index (χ0) is 10.4. The predicted octanol–water partition coefficient (Wildman–Crippen LogP) is 4.47. The van der Waals surface area contributed by atoms with Gasteiger partial charge in [0.1, 0.15) is 0 Å². The highest BCUT2D eigenvalue weighted by atomic mass is 28.4. The third kappa shape index (κ3) is 3.49. The first-order valence-electron chi connectivity index (χ1n) is 6.06. The molecule has 14 heavy (non-hydrogen) atoms. The Morgan fingerprint density at radius 1 is 1.14 bits per heavy atom. The zero-order valence-corrected chi connectivity index (χ0v) is 10.9. The topological polar surface area (TPSA) is 9.23 Å². The van der Waals surface area contributed by atoms with Crippen molar-refractivity contribution in [2.75, 3.05) is 0 Å². The largest absolute Gasteiger partial charge is 0.549 e. The smallest absolute Gasteiger partial charge is 0.246 e. The summed E-state index contributed by atoms with van der Waals surface area (Å²) < 4.78 is 6.04. The van der Waals surface area contributed by atoms with E-state index in [2.05, 4.69) is 26.7 Å². The molecule has 0 spiro atoms. The highest BCUT2D eigenvalue weighted by Gasteiger charge is 2.24. The molecule has 0 amide bonds. The van der Waals surface area contributed by atoms with Crippen LogP contribution in [0.25, 0.3) is 0 Å². The summed E-state index contributed by atoms with van der Waals surface area (Å²) in [4.78, 5) is 0. The Morgan fingerprint density at radius 3 is 2.21 bits per heavy atom. The van der Waals surface area contributed by atoms with E-state index in [-0.39, 0.29) is 0 Å². The van der Waals surface area contributed by atoms with Gasteiger partial charge in [-0.1, -0.05) is 20.3 Å². The average Bonchev–Trinajstić information content (AvgIpc) is 2.27. The Labute approximate surface area is 89.7 Å². The van der Waals surface area contributed by atoms with Crippen molar-refractivity contribution in [3.8, 4) is 0 Å². The molecule has 2 heteroatoms. The summed E-state index contributed by atoms with van der Waals surface area (Å²) in [6.07, 6.45) is 8.80. The van der Waals surface area contributed by atoms with Gasteiger partial charge in [-0.05, 0) is 49.9 Å². The molecule has 1 fully saturated rings. The second kappa shape index (κ2) is 5.59. The fourth-order valence-electron chi connectivity index (χ4n) is 1.77. The molecule has 1 aliphatic carbocycles. The number of hydrogen-bond acceptors (Lipinski definition) is 1. The van der Waals surface area contributed by atoms with Gasteiger partial charge in [0, 0.05) is 0 Å². The molecule has 1 rings (SSSR count). The van der Waals surface area contributed by atoms with Crippen molar-refractivity contribution in [2.24, 2.45) is 0 Å². The van der Waals surface area contributed by atoms with Gasteiger partial charge < -0.3 is 4.43 Å². The molecule has 0 atom stereocenters. The van der Waals surface area contributed by atoms with Gasteiger partial charge in [-0.25, -0.2) is 0 Å². The van der Waals surface area contributed by atoms with E-state index in [0.29, 0.717) is 0 Å². The predicted molar refractivity (Wildman–Crippen MR) is 64.8 cm³/mol. The number of rotatable bonds is 4. The average molecular weight is 212 g/mol. The van der Waals surface area contributed by atoms with Gasteiger partial charge in [0.15, 0.2) is 0 Å². The lowest BCUT2D eigenvalue weighted by atomic mass is 9.96. The minimum absolute atomic E-state index is 1.23. The van der Waals surface area contributed by atoms with Crippen LogP contribution in [0, 0.1) is 0 Å². The minimum atomic E-state index is -1.36. The summed E-state index contributed by atoms with van der Waals surface area (Å²) in [6, 6.07) is 2.46. The van der Waals surface area contributed by atoms with Crippen LogP contribution in [0.5, 0.6) is 0 Å². The molecule has 0 aromatic carbocycles. The number of hydrogen-bond donors (Lipinski definition) is 0. The molecule has 0 saturated heterocycles. The Balaban J connectivity index is 2.43. The molecule has 1 aliphatic rings. The van der Waals surface area contributed by atoms with E-state index in [0.717, 1.165) is 0 Å². The van der Waals surface area contributed by atoms with Crippen LogP contribution in [0.3, 0.4) is 0 Å². The second-order valence-electron chi connectivity index (χ2n) is 4.61. The Kier molecular flexibility index (Phi) is 4.73. The summed E-state index contributed by atoms with van der Waals surface area (Å²) in [5.41, 5.74) is 1.55. The van der Waals surface area contributed by atoms with Crippen LogP contribution < -0.4 is 0 Å². The first-order valence-corrected chi connectivity index (χ1v) is 8.88. The van der Waals surface area contributed by atoms with E-state index in [9.17, 15) is 0 Å². The maximum atomic E-state index is 6.04. The van der Waals surface area contributed by atoms with E-state index < -0.39 is 8.32 Å². The van der Waals surface area contributed by atoms with Gasteiger partial charge in [0.25, 0.3) is 0 Å². The fourth-order valence-corrected chi connectivity index (χ4v) is 3.05. The SMILES string of the molecule is CC[Si](C)(CC)OC=C1CCCCC1. The van der Waals surface area contributed by atoms with Gasteiger partial charge in [-0.2, -0.15) is 0 Å². The Hall–Kier alpha value is -0.243. The van der Waals surface area contributed by atoms with Gasteiger partial charge in [-0.15, -0.1) is 0 Å². The van der Waals surface area contributed by atoms with Crippen LogP contribution in [0.2, 0.25) is 18.6 Å². The van der Waals surface area contributed by atoms with E-state index >= 15 is 0 Å². The summed E-state index contributed by atoms with van der Waals surface area (Å²) in [7, 11) is -1.36. The van der Waals surface area contributed by atoms with Gasteiger partial charge in [0.2, 0.25) is 8.32 Å². The van der Waals surface area contributed by atoms with Gasteiger partial charge in [0.05, 0.1) is 6.26 Å². The van der Waals surface area contributed by atoms with Crippen LogP contribution in [0.4, 0.5) is 0 Å². The molecule has 0 radical (unpaired) electrons. The summed E-state index contributed by atoms with van der Waals surface area (Å²) in [5, 5.41) is 0. The summed E-state index contributed by atoms with van der Waals surface area (Å²) in [6.45, 7) is 6.86. The molecular formula is C12H24OSi. The maximum absolute atomic E-state index is 6.04. The first kappa shape index (κ1) is 11.8. The Morgan fingerprint density at radius 2 is 1.71 bits per heavy atom. The second-order valence-corrected chi connectivity index (χ2v) is 9.16. The zero-order valence-electron chi connectivity index (χ0n) is 9.94. The van der Waals surface area contributed by atoms with E-state index in [1.807, 2.05) is 0 Å².